The van der Waals surface area contributed by atoms with Crippen molar-refractivity contribution in [2.45, 2.75) is 12.5 Å². The minimum absolute atomic E-state index is 0. The van der Waals surface area contributed by atoms with Crippen LogP contribution in [0.5, 0.6) is 0 Å². The number of hydrogen-bond acceptors (Lipinski definition) is 3. The van der Waals surface area contributed by atoms with Crippen LogP contribution in [0.3, 0.4) is 0 Å². The minimum Gasteiger partial charge on any atom is -0.480 e. The Balaban J connectivity index is 0. The Morgan fingerprint density at radius 1 is 1.78 bits per heavy atom. The van der Waals surface area contributed by atoms with Crippen molar-refractivity contribution in [2.24, 2.45) is 5.73 Å². The summed E-state index contributed by atoms with van der Waals surface area (Å²) >= 11 is 0. The van der Waals surface area contributed by atoms with Crippen molar-refractivity contribution in [1.82, 2.24) is 0 Å². The molecule has 0 aromatic heterocycles. The summed E-state index contributed by atoms with van der Waals surface area (Å²) in [6, 6.07) is 0. The quantitative estimate of drug-likeness (QED) is 0.406. The van der Waals surface area contributed by atoms with E-state index in [1.807, 2.05) is 0 Å². The molecule has 0 radical (unpaired) electrons. The van der Waals surface area contributed by atoms with E-state index in [4.69, 9.17) is 15.9 Å². The first kappa shape index (κ1) is 11.2. The molecule has 5 nitrogen and oxygen atoms in total. The van der Waals surface area contributed by atoms with E-state index in [2.05, 4.69) is 0 Å². The van der Waals surface area contributed by atoms with Crippen LogP contribution in [-0.4, -0.2) is 33.8 Å². The molecule has 0 saturated heterocycles. The summed E-state index contributed by atoms with van der Waals surface area (Å²) in [4.78, 5) is 9.97. The Labute approximate surface area is 52.4 Å². The lowest BCUT2D eigenvalue weighted by molar-refractivity contribution is -0.144. The molecule has 0 spiro atoms. The molecule has 0 aromatic carbocycles. The maximum absolute atomic E-state index is 9.97. The van der Waals surface area contributed by atoms with Gasteiger partial charge in [0.1, 0.15) is 5.54 Å². The Morgan fingerprint density at radius 3 is 2.11 bits per heavy atom. The third-order valence-electron chi connectivity index (χ3n) is 0.817. The molecular formula is C4H11NO4. The summed E-state index contributed by atoms with van der Waals surface area (Å²) in [6.07, 6.45) is 0. The van der Waals surface area contributed by atoms with E-state index >= 15 is 0 Å². The molecule has 0 saturated carbocycles. The van der Waals surface area contributed by atoms with E-state index in [1.54, 1.807) is 0 Å². The van der Waals surface area contributed by atoms with Crippen LogP contribution in [0.25, 0.3) is 0 Å². The van der Waals surface area contributed by atoms with Gasteiger partial charge in [0.25, 0.3) is 0 Å². The summed E-state index contributed by atoms with van der Waals surface area (Å²) in [5, 5.41) is 16.4. The highest BCUT2D eigenvalue weighted by Crippen LogP contribution is 1.94. The highest BCUT2D eigenvalue weighted by molar-refractivity contribution is 5.77. The molecule has 0 aliphatic heterocycles. The molecule has 0 rings (SSSR count). The number of aliphatic hydroxyl groups excluding tert-OH is 1. The van der Waals surface area contributed by atoms with Gasteiger partial charge in [-0.15, -0.1) is 0 Å². The van der Waals surface area contributed by atoms with Gasteiger partial charge in [-0.3, -0.25) is 4.79 Å². The molecule has 0 heterocycles. The average Bonchev–Trinajstić information content (AvgIpc) is 1.67. The fraction of sp³-hybridized carbons (Fsp3) is 0.750. The lowest BCUT2D eigenvalue weighted by Gasteiger charge is -2.13. The van der Waals surface area contributed by atoms with Gasteiger partial charge in [-0.25, -0.2) is 0 Å². The first-order chi connectivity index (χ1) is 3.50. The van der Waals surface area contributed by atoms with E-state index < -0.39 is 18.1 Å². The van der Waals surface area contributed by atoms with Crippen molar-refractivity contribution in [3.8, 4) is 0 Å². The van der Waals surface area contributed by atoms with Gasteiger partial charge in [-0.05, 0) is 6.92 Å². The van der Waals surface area contributed by atoms with Crippen LogP contribution in [0.1, 0.15) is 6.92 Å². The lowest BCUT2D eigenvalue weighted by atomic mass is 10.1. The van der Waals surface area contributed by atoms with Crippen LogP contribution in [0, 0.1) is 0 Å². The van der Waals surface area contributed by atoms with E-state index in [-0.39, 0.29) is 5.48 Å². The number of nitrogens with two attached hydrogens (primary N) is 1. The molecule has 0 aliphatic carbocycles. The summed E-state index contributed by atoms with van der Waals surface area (Å²) in [6.45, 7) is 0.706. The summed E-state index contributed by atoms with van der Waals surface area (Å²) in [5.74, 6) is -1.19. The first-order valence-corrected chi connectivity index (χ1v) is 2.14. The standard InChI is InChI=1S/C4H9NO3.H2O/c1-4(5,2-6)3(7)8;/h6H,2,5H2,1H3,(H,7,8);1H2. The minimum atomic E-state index is -1.49. The maximum atomic E-state index is 9.97. The Bertz CT molecular complexity index is 101. The smallest absolute Gasteiger partial charge is 0.325 e. The SMILES string of the molecule is CC(N)(CO)C(=O)O.O. The zero-order valence-electron chi connectivity index (χ0n) is 5.09. The number of carboxylic acids is 1. The third-order valence-corrected chi connectivity index (χ3v) is 0.817. The number of hydrogen-bond donors (Lipinski definition) is 3. The van der Waals surface area contributed by atoms with Gasteiger partial charge in [0.2, 0.25) is 0 Å². The molecule has 5 heteroatoms. The second-order valence-electron chi connectivity index (χ2n) is 1.88. The van der Waals surface area contributed by atoms with Crippen LogP contribution >= 0.6 is 0 Å². The number of rotatable bonds is 2. The number of carbonyl (C=O) groups is 1. The van der Waals surface area contributed by atoms with Crippen molar-refractivity contribution in [3.63, 3.8) is 0 Å². The molecule has 0 amide bonds. The highest BCUT2D eigenvalue weighted by atomic mass is 16.4. The van der Waals surface area contributed by atoms with E-state index in [0.29, 0.717) is 0 Å². The Morgan fingerprint density at radius 2 is 2.11 bits per heavy atom. The predicted octanol–water partition coefficient (Wildman–Crippen LogP) is -2.04. The summed E-state index contributed by atoms with van der Waals surface area (Å²) < 4.78 is 0. The van der Waals surface area contributed by atoms with Gasteiger partial charge in [0.15, 0.2) is 0 Å². The van der Waals surface area contributed by atoms with Crippen LogP contribution in [0.4, 0.5) is 0 Å². The molecule has 1 atom stereocenters. The second kappa shape index (κ2) is 3.39. The van der Waals surface area contributed by atoms with Gasteiger partial charge in [0.05, 0.1) is 6.61 Å². The monoisotopic (exact) mass is 137 g/mol. The Kier molecular flexibility index (Phi) is 4.21. The predicted molar refractivity (Wildman–Crippen MR) is 30.9 cm³/mol. The molecular weight excluding hydrogens is 126 g/mol. The van der Waals surface area contributed by atoms with Gasteiger partial charge in [-0.1, -0.05) is 0 Å². The van der Waals surface area contributed by atoms with Gasteiger partial charge < -0.3 is 21.4 Å². The zero-order chi connectivity index (χ0) is 6.78. The fourth-order valence-corrected chi connectivity index (χ4v) is 0.0676. The van der Waals surface area contributed by atoms with E-state index in [0.717, 1.165) is 0 Å². The normalized spacial score (nSPS) is 15.4. The fourth-order valence-electron chi connectivity index (χ4n) is 0.0676. The van der Waals surface area contributed by atoms with Crippen molar-refractivity contribution in [1.29, 1.82) is 0 Å². The van der Waals surface area contributed by atoms with Crippen LogP contribution < -0.4 is 5.73 Å². The van der Waals surface area contributed by atoms with Gasteiger partial charge in [0, 0.05) is 0 Å². The second-order valence-corrected chi connectivity index (χ2v) is 1.88. The summed E-state index contributed by atoms with van der Waals surface area (Å²) in [7, 11) is 0. The molecule has 0 aromatic rings. The van der Waals surface area contributed by atoms with Crippen molar-refractivity contribution in [2.75, 3.05) is 6.61 Å². The summed E-state index contributed by atoms with van der Waals surface area (Å²) in [5.41, 5.74) is 3.52. The first-order valence-electron chi connectivity index (χ1n) is 2.14. The van der Waals surface area contributed by atoms with Crippen molar-refractivity contribution < 1.29 is 20.5 Å². The lowest BCUT2D eigenvalue weighted by Crippen LogP contribution is -2.48. The molecule has 56 valence electrons. The molecule has 0 fully saturated rings. The van der Waals surface area contributed by atoms with Crippen LogP contribution in [0.2, 0.25) is 0 Å². The molecule has 0 bridgehead atoms. The van der Waals surface area contributed by atoms with Crippen LogP contribution in [-0.2, 0) is 4.79 Å². The van der Waals surface area contributed by atoms with E-state index in [1.165, 1.54) is 6.92 Å². The van der Waals surface area contributed by atoms with Crippen molar-refractivity contribution in [3.05, 3.63) is 0 Å². The van der Waals surface area contributed by atoms with Crippen LogP contribution in [0.15, 0.2) is 0 Å². The Hall–Kier alpha value is -0.650. The highest BCUT2D eigenvalue weighted by Gasteiger charge is 2.25. The maximum Gasteiger partial charge on any atom is 0.325 e. The third kappa shape index (κ3) is 3.02. The van der Waals surface area contributed by atoms with Crippen molar-refractivity contribution >= 4 is 5.97 Å². The zero-order valence-corrected chi connectivity index (χ0v) is 5.09. The number of aliphatic carboxylic acids is 1. The van der Waals surface area contributed by atoms with Gasteiger partial charge >= 0.3 is 5.97 Å². The molecule has 9 heavy (non-hydrogen) atoms. The molecule has 1 unspecified atom stereocenters. The van der Waals surface area contributed by atoms with E-state index in [9.17, 15) is 4.79 Å². The largest absolute Gasteiger partial charge is 0.480 e. The molecule has 0 aliphatic rings. The average molecular weight is 137 g/mol. The van der Waals surface area contributed by atoms with Gasteiger partial charge in [-0.2, -0.15) is 0 Å². The number of carboxylic acid groups (broad SMARTS) is 1. The number of aliphatic hydroxyl groups is 1. The topological polar surface area (TPSA) is 115 Å². The molecule has 6 N–H and O–H groups in total.